The van der Waals surface area contributed by atoms with Crippen molar-refractivity contribution in [3.63, 3.8) is 0 Å². The van der Waals surface area contributed by atoms with E-state index in [1.165, 1.54) is 25.8 Å². The minimum atomic E-state index is -1.50. The van der Waals surface area contributed by atoms with Crippen LogP contribution < -0.4 is 0 Å². The monoisotopic (exact) mass is 909 g/mol. The van der Waals surface area contributed by atoms with Crippen molar-refractivity contribution in [3.8, 4) is 11.3 Å². The van der Waals surface area contributed by atoms with Crippen LogP contribution in [0.5, 0.6) is 0 Å². The fourth-order valence-corrected chi connectivity index (χ4v) is 7.79. The summed E-state index contributed by atoms with van der Waals surface area (Å²) in [5, 5.41) is 29.1. The maximum atomic E-state index is 13.7. The molecule has 4 aromatic rings. The Morgan fingerprint density at radius 2 is 1.57 bits per heavy atom. The van der Waals surface area contributed by atoms with Crippen molar-refractivity contribution in [1.82, 2.24) is 33.5 Å². The molecular weight excluding hydrogens is 842 g/mol. The molecule has 3 N–H and O–H groups in total. The smallest absolute Gasteiger partial charge is 0.410 e. The Morgan fingerprint density at radius 3 is 2.17 bits per heavy atom. The van der Waals surface area contributed by atoms with Crippen LogP contribution in [-0.2, 0) is 15.9 Å². The van der Waals surface area contributed by atoms with Crippen LogP contribution in [0.4, 0.5) is 9.59 Å². The number of hydrogen-bond acceptors (Lipinski definition) is 11. The molecule has 0 aliphatic heterocycles. The number of rotatable bonds is 15. The number of ether oxygens (including phenoxy) is 2. The van der Waals surface area contributed by atoms with Gasteiger partial charge in [0.1, 0.15) is 16.8 Å². The summed E-state index contributed by atoms with van der Waals surface area (Å²) in [6.07, 6.45) is 16.8. The summed E-state index contributed by atoms with van der Waals surface area (Å²) >= 11 is 7.86. The molecular formula is C47H68ClN7O7S. The third-order valence-corrected chi connectivity index (χ3v) is 10.3. The fourth-order valence-electron chi connectivity index (χ4n) is 6.84. The summed E-state index contributed by atoms with van der Waals surface area (Å²) < 4.78 is 15.7. The molecule has 5 rings (SSSR count). The number of carbonyl (C=O) groups is 2. The van der Waals surface area contributed by atoms with Crippen LogP contribution in [0.15, 0.2) is 90.8 Å². The predicted octanol–water partition coefficient (Wildman–Crippen LogP) is 9.85. The average Bonchev–Trinajstić information content (AvgIpc) is 3.94. The summed E-state index contributed by atoms with van der Waals surface area (Å²) in [6, 6.07) is 12.2. The number of nitrogens with zero attached hydrogens (tertiary/aromatic N) is 7. The van der Waals surface area contributed by atoms with E-state index in [2.05, 4.69) is 39.4 Å². The number of carbonyl (C=O) groups excluding carboxylic acids is 2. The van der Waals surface area contributed by atoms with Gasteiger partial charge in [0, 0.05) is 85.7 Å². The van der Waals surface area contributed by atoms with E-state index in [0.717, 1.165) is 59.1 Å². The Kier molecular flexibility index (Phi) is 20.4. The lowest BCUT2D eigenvalue weighted by Gasteiger charge is -2.31. The lowest BCUT2D eigenvalue weighted by molar-refractivity contribution is -0.127. The second-order valence-corrected chi connectivity index (χ2v) is 19.0. The third kappa shape index (κ3) is 18.5. The summed E-state index contributed by atoms with van der Waals surface area (Å²) in [5.74, 6) is -1.27. The normalized spacial score (nSPS) is 15.6. The molecule has 1 aliphatic rings. The standard InChI is InChI=1S/C43H56ClN7O4S.C3H8O2.CH4O/c1-9-15-34(16-10-2)56-51-26-22-37(47-51)36-30-50(38-35(36)28-45-39(44)46-38)33-20-19-32(27-33)29-49(41(53)55-43(6,7)8)24-14-23-48(40(52)54-42(3,4)5)25-21-31-17-12-11-13-18-31;1-3(2,4)5;1-2/h9-13,15-18,22,26,28,30,32-33H,1,14,19-21,23-25,27,29H2,2-8H3;4-5H,1-2H3;2H,1H3/b16-10-,34-15+;;/t32-,33+;;/m1../s1. The van der Waals surface area contributed by atoms with Gasteiger partial charge in [-0.2, -0.15) is 10.1 Å². The van der Waals surface area contributed by atoms with Crippen molar-refractivity contribution < 1.29 is 34.4 Å². The molecule has 14 nitrogen and oxygen atoms in total. The number of amides is 2. The third-order valence-electron chi connectivity index (χ3n) is 9.25. The van der Waals surface area contributed by atoms with E-state index in [1.54, 1.807) is 17.2 Å². The molecule has 0 radical (unpaired) electrons. The average molecular weight is 911 g/mol. The number of halogens is 1. The van der Waals surface area contributed by atoms with Gasteiger partial charge in [0.2, 0.25) is 5.28 Å². The highest BCUT2D eigenvalue weighted by molar-refractivity contribution is 8.01. The van der Waals surface area contributed by atoms with Crippen LogP contribution >= 0.6 is 23.5 Å². The second-order valence-electron chi connectivity index (χ2n) is 17.6. The molecule has 16 heteroatoms. The minimum absolute atomic E-state index is 0.136. The van der Waals surface area contributed by atoms with Gasteiger partial charge in [-0.05, 0) is 130 Å². The molecule has 0 spiro atoms. The maximum Gasteiger partial charge on any atom is 0.410 e. The Labute approximate surface area is 382 Å². The van der Waals surface area contributed by atoms with Crippen molar-refractivity contribution >= 4 is 46.8 Å². The van der Waals surface area contributed by atoms with Gasteiger partial charge in [-0.25, -0.2) is 18.7 Å². The first-order valence-electron chi connectivity index (χ1n) is 21.2. The number of aromatic nitrogens is 5. The zero-order valence-electron chi connectivity index (χ0n) is 38.6. The quantitative estimate of drug-likeness (QED) is 0.0590. The van der Waals surface area contributed by atoms with E-state index in [4.69, 9.17) is 41.5 Å². The fraction of sp³-hybridized carbons (Fsp3) is 0.511. The lowest BCUT2D eigenvalue weighted by atomic mass is 10.1. The molecule has 1 saturated carbocycles. The van der Waals surface area contributed by atoms with Gasteiger partial charge >= 0.3 is 12.2 Å². The Bertz CT molecular complexity index is 2110. The minimum Gasteiger partial charge on any atom is -0.444 e. The van der Waals surface area contributed by atoms with Crippen molar-refractivity contribution in [3.05, 3.63) is 102 Å². The highest BCUT2D eigenvalue weighted by atomic mass is 35.5. The van der Waals surface area contributed by atoms with Crippen LogP contribution in [0.2, 0.25) is 5.28 Å². The summed E-state index contributed by atoms with van der Waals surface area (Å²) in [6.45, 7) is 21.6. The first kappa shape index (κ1) is 52.7. The van der Waals surface area contributed by atoms with Crippen LogP contribution in [-0.4, -0.2) is 111 Å². The Hall–Kier alpha value is -4.67. The molecule has 3 heterocycles. The van der Waals surface area contributed by atoms with Crippen LogP contribution in [0, 0.1) is 5.92 Å². The Balaban J connectivity index is 0.00000141. The number of hydrogen-bond donors (Lipinski definition) is 3. The van der Waals surface area contributed by atoms with Gasteiger partial charge in [-0.1, -0.05) is 55.1 Å². The van der Waals surface area contributed by atoms with Crippen molar-refractivity contribution in [2.24, 2.45) is 5.92 Å². The lowest BCUT2D eigenvalue weighted by Crippen LogP contribution is -2.42. The van der Waals surface area contributed by atoms with Crippen LogP contribution in [0.25, 0.3) is 22.3 Å². The molecule has 0 unspecified atom stereocenters. The number of fused-ring (bicyclic) bond motifs is 1. The maximum absolute atomic E-state index is 13.7. The van der Waals surface area contributed by atoms with E-state index < -0.39 is 17.0 Å². The molecule has 346 valence electrons. The molecule has 1 aromatic carbocycles. The molecule has 2 amide bonds. The highest BCUT2D eigenvalue weighted by Gasteiger charge is 2.32. The number of allylic oxidation sites excluding steroid dienone is 4. The van der Waals surface area contributed by atoms with E-state index in [-0.39, 0.29) is 29.4 Å². The zero-order chi connectivity index (χ0) is 47.0. The van der Waals surface area contributed by atoms with Gasteiger partial charge < -0.3 is 39.2 Å². The van der Waals surface area contributed by atoms with Gasteiger partial charge in [-0.3, -0.25) is 0 Å². The first-order chi connectivity index (χ1) is 29.6. The van der Waals surface area contributed by atoms with Crippen molar-refractivity contribution in [2.45, 2.75) is 117 Å². The molecule has 2 atom stereocenters. The zero-order valence-corrected chi connectivity index (χ0v) is 40.2. The molecule has 63 heavy (non-hydrogen) atoms. The summed E-state index contributed by atoms with van der Waals surface area (Å²) in [4.78, 5) is 40.5. The number of benzene rings is 1. The number of aliphatic hydroxyl groups is 3. The predicted molar refractivity (Wildman–Crippen MR) is 253 cm³/mol. The second kappa shape index (κ2) is 24.4. The largest absolute Gasteiger partial charge is 0.444 e. The molecule has 3 aromatic heterocycles. The molecule has 0 bridgehead atoms. The van der Waals surface area contributed by atoms with E-state index in [1.807, 2.05) is 106 Å². The van der Waals surface area contributed by atoms with Crippen molar-refractivity contribution in [1.29, 1.82) is 0 Å². The van der Waals surface area contributed by atoms with Gasteiger partial charge in [0.25, 0.3) is 0 Å². The van der Waals surface area contributed by atoms with E-state index >= 15 is 0 Å². The highest BCUT2D eigenvalue weighted by Crippen LogP contribution is 2.40. The summed E-state index contributed by atoms with van der Waals surface area (Å²) in [7, 11) is 1.00. The van der Waals surface area contributed by atoms with Crippen LogP contribution in [0.1, 0.15) is 99.6 Å². The number of aliphatic hydroxyl groups excluding tert-OH is 1. The molecule has 0 saturated heterocycles. The topological polar surface area (TPSA) is 168 Å². The Morgan fingerprint density at radius 1 is 0.952 bits per heavy atom. The van der Waals surface area contributed by atoms with E-state index in [9.17, 15) is 9.59 Å². The molecule has 1 fully saturated rings. The van der Waals surface area contributed by atoms with E-state index in [0.29, 0.717) is 39.0 Å². The van der Waals surface area contributed by atoms with Gasteiger partial charge in [-0.15, -0.1) is 0 Å². The van der Waals surface area contributed by atoms with Crippen LogP contribution in [0.3, 0.4) is 0 Å². The SMILES string of the molecule is C=C/C=C(\C=C/C)Sn1ccc(-c2cn([C@H]3CC[C@@H](CN(CCCN(CCc4ccccc4)C(=O)OC(C)(C)C)C(=O)OC(C)(C)C)C3)c3nc(Cl)ncc23)n1.CC(C)(O)O.CO. The van der Waals surface area contributed by atoms with Crippen molar-refractivity contribution in [2.75, 3.05) is 33.3 Å². The van der Waals surface area contributed by atoms with Gasteiger partial charge in [0.05, 0.1) is 5.69 Å². The molecule has 1 aliphatic carbocycles. The van der Waals surface area contributed by atoms with Gasteiger partial charge in [0.15, 0.2) is 5.79 Å². The summed E-state index contributed by atoms with van der Waals surface area (Å²) in [5.41, 5.74) is 2.38. The first-order valence-corrected chi connectivity index (χ1v) is 22.4.